The van der Waals surface area contributed by atoms with Gasteiger partial charge in [0, 0.05) is 6.54 Å². The standard InChI is InChI=1S/C18H18N4O4/c1-11-13-9-12(10-19-17(13)26-21-11)20-16(23)14-5-2-3-7-22(14)18(24)15-6-4-8-25-15/h4,6,8-10,14H,2-3,5,7H2,1H3,(H,20,23). The van der Waals surface area contributed by atoms with E-state index in [2.05, 4.69) is 15.5 Å². The van der Waals surface area contributed by atoms with E-state index >= 15 is 0 Å². The molecule has 1 fully saturated rings. The number of carbonyl (C=O) groups excluding carboxylic acids is 2. The van der Waals surface area contributed by atoms with Gasteiger partial charge < -0.3 is 19.2 Å². The fraction of sp³-hybridized carbons (Fsp3) is 0.333. The molecule has 2 amide bonds. The SMILES string of the molecule is Cc1noc2ncc(NC(=O)C3CCCCN3C(=O)c3ccco3)cc12. The van der Waals surface area contributed by atoms with Crippen molar-refractivity contribution >= 4 is 28.6 Å². The normalized spacial score (nSPS) is 17.4. The maximum absolute atomic E-state index is 12.8. The quantitative estimate of drug-likeness (QED) is 0.776. The van der Waals surface area contributed by atoms with Crippen LogP contribution in [0.15, 0.2) is 39.6 Å². The first kappa shape index (κ1) is 16.3. The highest BCUT2D eigenvalue weighted by Gasteiger charge is 2.33. The average Bonchev–Trinajstić information content (AvgIpc) is 3.32. The van der Waals surface area contributed by atoms with Crippen molar-refractivity contribution in [2.45, 2.75) is 32.2 Å². The zero-order valence-corrected chi connectivity index (χ0v) is 14.3. The molecule has 1 N–H and O–H groups in total. The van der Waals surface area contributed by atoms with Gasteiger partial charge in [-0.2, -0.15) is 0 Å². The van der Waals surface area contributed by atoms with Crippen molar-refractivity contribution in [3.63, 3.8) is 0 Å². The van der Waals surface area contributed by atoms with E-state index < -0.39 is 6.04 Å². The molecule has 26 heavy (non-hydrogen) atoms. The molecular formula is C18H18N4O4. The van der Waals surface area contributed by atoms with Gasteiger partial charge in [0.25, 0.3) is 11.6 Å². The second kappa shape index (κ2) is 6.62. The number of likely N-dealkylation sites (tertiary alicyclic amines) is 1. The van der Waals surface area contributed by atoms with Crippen molar-refractivity contribution < 1.29 is 18.5 Å². The Hall–Kier alpha value is -3.16. The molecule has 8 heteroatoms. The summed E-state index contributed by atoms with van der Waals surface area (Å²) in [4.78, 5) is 31.2. The molecule has 0 aromatic carbocycles. The Morgan fingerprint density at radius 1 is 1.35 bits per heavy atom. The van der Waals surface area contributed by atoms with Crippen LogP contribution in [0.1, 0.15) is 35.5 Å². The molecular weight excluding hydrogens is 336 g/mol. The first-order valence-corrected chi connectivity index (χ1v) is 8.51. The number of nitrogens with one attached hydrogen (secondary N) is 1. The van der Waals surface area contributed by atoms with Gasteiger partial charge in [-0.05, 0) is 44.4 Å². The lowest BCUT2D eigenvalue weighted by molar-refractivity contribution is -0.121. The number of amides is 2. The molecule has 1 aliphatic rings. The summed E-state index contributed by atoms with van der Waals surface area (Å²) in [5.74, 6) is -0.258. The van der Waals surface area contributed by atoms with Crippen LogP contribution in [-0.2, 0) is 4.79 Å². The zero-order chi connectivity index (χ0) is 18.1. The molecule has 0 saturated carbocycles. The fourth-order valence-electron chi connectivity index (χ4n) is 3.23. The molecule has 4 heterocycles. The number of nitrogens with zero attached hydrogens (tertiary/aromatic N) is 3. The van der Waals surface area contributed by atoms with Crippen LogP contribution in [0.3, 0.4) is 0 Å². The van der Waals surface area contributed by atoms with E-state index in [9.17, 15) is 9.59 Å². The van der Waals surface area contributed by atoms with Crippen LogP contribution in [0.2, 0.25) is 0 Å². The van der Waals surface area contributed by atoms with Gasteiger partial charge in [0.15, 0.2) is 5.76 Å². The van der Waals surface area contributed by atoms with Crippen molar-refractivity contribution in [2.75, 3.05) is 11.9 Å². The minimum absolute atomic E-state index is 0.236. The van der Waals surface area contributed by atoms with Crippen LogP contribution in [0, 0.1) is 6.92 Å². The number of aryl methyl sites for hydroxylation is 1. The number of furan rings is 1. The van der Waals surface area contributed by atoms with Crippen LogP contribution in [0.4, 0.5) is 5.69 Å². The highest BCUT2D eigenvalue weighted by molar-refractivity contribution is 6.00. The van der Waals surface area contributed by atoms with Gasteiger partial charge >= 0.3 is 0 Å². The summed E-state index contributed by atoms with van der Waals surface area (Å²) in [6, 6.07) is 4.50. The lowest BCUT2D eigenvalue weighted by Gasteiger charge is -2.34. The maximum Gasteiger partial charge on any atom is 0.290 e. The Balaban J connectivity index is 1.54. The first-order valence-electron chi connectivity index (χ1n) is 8.51. The predicted molar refractivity (Wildman–Crippen MR) is 92.6 cm³/mol. The highest BCUT2D eigenvalue weighted by atomic mass is 16.5. The maximum atomic E-state index is 12.8. The van der Waals surface area contributed by atoms with Crippen molar-refractivity contribution in [1.82, 2.24) is 15.0 Å². The van der Waals surface area contributed by atoms with Gasteiger partial charge in [-0.3, -0.25) is 9.59 Å². The Morgan fingerprint density at radius 3 is 3.04 bits per heavy atom. The van der Waals surface area contributed by atoms with Crippen LogP contribution in [0.5, 0.6) is 0 Å². The van der Waals surface area contributed by atoms with Crippen molar-refractivity contribution in [2.24, 2.45) is 0 Å². The number of fused-ring (bicyclic) bond motifs is 1. The number of pyridine rings is 1. The Bertz CT molecular complexity index is 947. The van der Waals surface area contributed by atoms with Gasteiger partial charge in [0.2, 0.25) is 5.91 Å². The summed E-state index contributed by atoms with van der Waals surface area (Å²) in [6.07, 6.45) is 5.34. The van der Waals surface area contributed by atoms with Crippen LogP contribution >= 0.6 is 0 Å². The minimum Gasteiger partial charge on any atom is -0.459 e. The molecule has 1 saturated heterocycles. The van der Waals surface area contributed by atoms with E-state index in [-0.39, 0.29) is 17.6 Å². The van der Waals surface area contributed by atoms with Gasteiger partial charge in [0.1, 0.15) is 6.04 Å². The van der Waals surface area contributed by atoms with E-state index in [0.29, 0.717) is 30.1 Å². The number of hydrogen-bond acceptors (Lipinski definition) is 6. The molecule has 1 aliphatic heterocycles. The zero-order valence-electron chi connectivity index (χ0n) is 14.3. The second-order valence-electron chi connectivity index (χ2n) is 6.32. The van der Waals surface area contributed by atoms with Crippen LogP contribution in [0.25, 0.3) is 11.1 Å². The highest BCUT2D eigenvalue weighted by Crippen LogP contribution is 2.23. The monoisotopic (exact) mass is 354 g/mol. The number of piperidine rings is 1. The predicted octanol–water partition coefficient (Wildman–Crippen LogP) is 2.76. The second-order valence-corrected chi connectivity index (χ2v) is 6.32. The molecule has 8 nitrogen and oxygen atoms in total. The Morgan fingerprint density at radius 2 is 2.23 bits per heavy atom. The molecule has 3 aromatic rings. The van der Waals surface area contributed by atoms with Gasteiger partial charge in [0.05, 0.1) is 29.2 Å². The lowest BCUT2D eigenvalue weighted by Crippen LogP contribution is -2.49. The molecule has 0 spiro atoms. The fourth-order valence-corrected chi connectivity index (χ4v) is 3.23. The number of carbonyl (C=O) groups is 2. The third-order valence-electron chi connectivity index (χ3n) is 4.58. The summed E-state index contributed by atoms with van der Waals surface area (Å²) < 4.78 is 10.3. The minimum atomic E-state index is -0.541. The average molecular weight is 354 g/mol. The largest absolute Gasteiger partial charge is 0.459 e. The van der Waals surface area contributed by atoms with Crippen molar-refractivity contribution in [1.29, 1.82) is 0 Å². The molecule has 3 aromatic heterocycles. The van der Waals surface area contributed by atoms with E-state index in [1.165, 1.54) is 12.5 Å². The van der Waals surface area contributed by atoms with E-state index in [1.807, 2.05) is 6.92 Å². The molecule has 1 atom stereocenters. The van der Waals surface area contributed by atoms with E-state index in [4.69, 9.17) is 8.94 Å². The molecule has 0 aliphatic carbocycles. The lowest BCUT2D eigenvalue weighted by atomic mass is 10.0. The Kier molecular flexibility index (Phi) is 4.16. The van der Waals surface area contributed by atoms with Gasteiger partial charge in [-0.1, -0.05) is 5.16 Å². The van der Waals surface area contributed by atoms with Crippen LogP contribution < -0.4 is 5.32 Å². The molecule has 0 bridgehead atoms. The van der Waals surface area contributed by atoms with Crippen molar-refractivity contribution in [3.8, 4) is 0 Å². The van der Waals surface area contributed by atoms with E-state index in [0.717, 1.165) is 18.2 Å². The number of hydrogen-bond donors (Lipinski definition) is 1. The smallest absolute Gasteiger partial charge is 0.290 e. The van der Waals surface area contributed by atoms with Crippen molar-refractivity contribution in [3.05, 3.63) is 42.1 Å². The van der Waals surface area contributed by atoms with E-state index in [1.54, 1.807) is 23.1 Å². The molecule has 4 rings (SSSR count). The summed E-state index contributed by atoms with van der Waals surface area (Å²) in [7, 11) is 0. The summed E-state index contributed by atoms with van der Waals surface area (Å²) in [5.41, 5.74) is 1.67. The molecule has 134 valence electrons. The number of aromatic nitrogens is 2. The molecule has 0 radical (unpaired) electrons. The third kappa shape index (κ3) is 2.94. The topological polar surface area (TPSA) is 101 Å². The summed E-state index contributed by atoms with van der Waals surface area (Å²) in [5, 5.41) is 7.46. The number of rotatable bonds is 3. The van der Waals surface area contributed by atoms with Gasteiger partial charge in [-0.25, -0.2) is 4.98 Å². The number of anilines is 1. The van der Waals surface area contributed by atoms with Crippen LogP contribution in [-0.4, -0.2) is 39.4 Å². The van der Waals surface area contributed by atoms with Gasteiger partial charge in [-0.15, -0.1) is 0 Å². The first-order chi connectivity index (χ1) is 12.6. The summed E-state index contributed by atoms with van der Waals surface area (Å²) in [6.45, 7) is 2.34. The summed E-state index contributed by atoms with van der Waals surface area (Å²) >= 11 is 0. The Labute approximate surface area is 149 Å². The third-order valence-corrected chi connectivity index (χ3v) is 4.58. The molecule has 1 unspecified atom stereocenters.